The van der Waals surface area contributed by atoms with Crippen LogP contribution in [0.15, 0.2) is 36.7 Å². The monoisotopic (exact) mass is 365 g/mol. The highest BCUT2D eigenvalue weighted by atomic mass is 35.5. The van der Waals surface area contributed by atoms with E-state index in [4.69, 9.17) is 0 Å². The summed E-state index contributed by atoms with van der Waals surface area (Å²) in [6.45, 7) is 2.01. The summed E-state index contributed by atoms with van der Waals surface area (Å²) in [5, 5.41) is 12.7. The minimum absolute atomic E-state index is 0. The minimum atomic E-state index is -0.416. The highest BCUT2D eigenvalue weighted by Crippen LogP contribution is 2.12. The first kappa shape index (κ1) is 20.7. The molecule has 2 aromatic rings. The average molecular weight is 366 g/mol. The number of halogens is 1. The SMILES string of the molecule is CNC(C(=O)NCCc1ccc(NC(C)=O)cc1)c1cnn(C)c1.Cl. The molecular weight excluding hydrogens is 342 g/mol. The number of aryl methyl sites for hydroxylation is 1. The van der Waals surface area contributed by atoms with Crippen molar-refractivity contribution in [3.63, 3.8) is 0 Å². The van der Waals surface area contributed by atoms with Crippen molar-refractivity contribution in [2.75, 3.05) is 18.9 Å². The quantitative estimate of drug-likeness (QED) is 0.692. The summed E-state index contributed by atoms with van der Waals surface area (Å²) in [5.41, 5.74) is 2.69. The van der Waals surface area contributed by atoms with Gasteiger partial charge in [0.15, 0.2) is 0 Å². The van der Waals surface area contributed by atoms with E-state index in [1.165, 1.54) is 6.92 Å². The maximum Gasteiger partial charge on any atom is 0.241 e. The predicted molar refractivity (Wildman–Crippen MR) is 99.7 cm³/mol. The molecule has 0 bridgehead atoms. The van der Waals surface area contributed by atoms with Gasteiger partial charge in [0.2, 0.25) is 11.8 Å². The van der Waals surface area contributed by atoms with Crippen molar-refractivity contribution in [3.05, 3.63) is 47.8 Å². The fourth-order valence-corrected chi connectivity index (χ4v) is 2.43. The lowest BCUT2D eigenvalue weighted by atomic mass is 10.1. The van der Waals surface area contributed by atoms with Gasteiger partial charge in [-0.25, -0.2) is 0 Å². The molecule has 1 aromatic heterocycles. The molecule has 0 saturated carbocycles. The Hall–Kier alpha value is -2.38. The molecule has 25 heavy (non-hydrogen) atoms. The van der Waals surface area contributed by atoms with Gasteiger partial charge >= 0.3 is 0 Å². The summed E-state index contributed by atoms with van der Waals surface area (Å²) in [7, 11) is 3.57. The molecule has 0 radical (unpaired) electrons. The Morgan fingerprint density at radius 3 is 2.44 bits per heavy atom. The Kier molecular flexibility index (Phi) is 8.10. The third-order valence-electron chi connectivity index (χ3n) is 3.60. The zero-order valence-corrected chi connectivity index (χ0v) is 15.4. The van der Waals surface area contributed by atoms with Crippen LogP contribution in [0, 0.1) is 0 Å². The van der Waals surface area contributed by atoms with E-state index in [0.29, 0.717) is 6.54 Å². The average Bonchev–Trinajstić information content (AvgIpc) is 2.95. The molecule has 0 fully saturated rings. The number of hydrogen-bond donors (Lipinski definition) is 3. The van der Waals surface area contributed by atoms with Crippen molar-refractivity contribution >= 4 is 29.9 Å². The third-order valence-corrected chi connectivity index (χ3v) is 3.60. The molecule has 0 aliphatic heterocycles. The van der Waals surface area contributed by atoms with Crippen LogP contribution < -0.4 is 16.0 Å². The van der Waals surface area contributed by atoms with Crippen LogP contribution in [0.1, 0.15) is 24.1 Å². The summed E-state index contributed by atoms with van der Waals surface area (Å²) in [6.07, 6.45) is 4.22. The number of hydrogen-bond acceptors (Lipinski definition) is 4. The summed E-state index contributed by atoms with van der Waals surface area (Å²) in [4.78, 5) is 23.3. The zero-order chi connectivity index (χ0) is 17.5. The second-order valence-electron chi connectivity index (χ2n) is 5.59. The van der Waals surface area contributed by atoms with E-state index in [0.717, 1.165) is 23.2 Å². The van der Waals surface area contributed by atoms with Crippen molar-refractivity contribution in [1.29, 1.82) is 0 Å². The van der Waals surface area contributed by atoms with Crippen molar-refractivity contribution in [2.45, 2.75) is 19.4 Å². The number of carbonyl (C=O) groups excluding carboxylic acids is 2. The fraction of sp³-hybridized carbons (Fsp3) is 0.353. The minimum Gasteiger partial charge on any atom is -0.354 e. The highest BCUT2D eigenvalue weighted by Gasteiger charge is 2.19. The number of nitrogens with one attached hydrogen (secondary N) is 3. The standard InChI is InChI=1S/C17H23N5O2.ClH/c1-12(23)21-15-6-4-13(5-7-15)8-9-19-17(24)16(18-2)14-10-20-22(3)11-14;/h4-7,10-11,16,18H,8-9H2,1-3H3,(H,19,24)(H,21,23);1H. The van der Waals surface area contributed by atoms with E-state index in [9.17, 15) is 9.59 Å². The van der Waals surface area contributed by atoms with Crippen LogP contribution in [0.3, 0.4) is 0 Å². The van der Waals surface area contributed by atoms with Gasteiger partial charge in [-0.1, -0.05) is 12.1 Å². The lowest BCUT2D eigenvalue weighted by Crippen LogP contribution is -2.36. The Morgan fingerprint density at radius 2 is 1.92 bits per heavy atom. The van der Waals surface area contributed by atoms with Crippen molar-refractivity contribution in [3.8, 4) is 0 Å². The van der Waals surface area contributed by atoms with Crippen molar-refractivity contribution in [1.82, 2.24) is 20.4 Å². The van der Waals surface area contributed by atoms with Gasteiger partial charge in [-0.2, -0.15) is 5.10 Å². The Bertz CT molecular complexity index is 699. The van der Waals surface area contributed by atoms with Crippen LogP contribution >= 0.6 is 12.4 Å². The molecule has 136 valence electrons. The summed E-state index contributed by atoms with van der Waals surface area (Å²) in [6, 6.07) is 7.16. The molecule has 2 rings (SSSR count). The number of nitrogens with zero attached hydrogens (tertiary/aromatic N) is 2. The second kappa shape index (κ2) is 9.80. The molecule has 1 atom stereocenters. The summed E-state index contributed by atoms with van der Waals surface area (Å²) in [5.74, 6) is -0.177. The first-order valence-electron chi connectivity index (χ1n) is 7.79. The zero-order valence-electron chi connectivity index (χ0n) is 14.6. The highest BCUT2D eigenvalue weighted by molar-refractivity contribution is 5.88. The molecule has 1 aromatic carbocycles. The Labute approximate surface area is 153 Å². The summed E-state index contributed by atoms with van der Waals surface area (Å²) < 4.78 is 1.67. The van der Waals surface area contributed by atoms with E-state index >= 15 is 0 Å². The topological polar surface area (TPSA) is 88.1 Å². The maximum atomic E-state index is 12.3. The number of benzene rings is 1. The predicted octanol–water partition coefficient (Wildman–Crippen LogP) is 1.42. The van der Waals surface area contributed by atoms with Gasteiger partial charge in [-0.3, -0.25) is 14.3 Å². The molecule has 1 heterocycles. The number of carbonyl (C=O) groups is 2. The van der Waals surface area contributed by atoms with Crippen molar-refractivity contribution in [2.24, 2.45) is 7.05 Å². The number of anilines is 1. The van der Waals surface area contributed by atoms with Gasteiger partial charge in [0.25, 0.3) is 0 Å². The molecule has 7 nitrogen and oxygen atoms in total. The van der Waals surface area contributed by atoms with E-state index in [-0.39, 0.29) is 24.2 Å². The molecule has 1 unspecified atom stereocenters. The van der Waals surface area contributed by atoms with Crippen LogP contribution in [0.4, 0.5) is 5.69 Å². The van der Waals surface area contributed by atoms with E-state index in [1.807, 2.05) is 37.5 Å². The number of aromatic nitrogens is 2. The molecule has 8 heteroatoms. The summed E-state index contributed by atoms with van der Waals surface area (Å²) >= 11 is 0. The van der Waals surface area contributed by atoms with Gasteiger partial charge in [0.05, 0.1) is 6.20 Å². The lowest BCUT2D eigenvalue weighted by Gasteiger charge is -2.14. The molecule has 0 spiro atoms. The van der Waals surface area contributed by atoms with E-state index < -0.39 is 6.04 Å². The van der Waals surface area contributed by atoms with E-state index in [1.54, 1.807) is 17.9 Å². The fourth-order valence-electron chi connectivity index (χ4n) is 2.43. The first-order chi connectivity index (χ1) is 11.5. The largest absolute Gasteiger partial charge is 0.354 e. The van der Waals surface area contributed by atoms with Gasteiger partial charge in [-0.05, 0) is 31.2 Å². The normalized spacial score (nSPS) is 11.3. The Morgan fingerprint density at radius 1 is 1.24 bits per heavy atom. The van der Waals surface area contributed by atoms with Crippen LogP contribution in [0.5, 0.6) is 0 Å². The lowest BCUT2D eigenvalue weighted by molar-refractivity contribution is -0.123. The van der Waals surface area contributed by atoms with Crippen LogP contribution in [0.2, 0.25) is 0 Å². The van der Waals surface area contributed by atoms with Gasteiger partial charge in [0, 0.05) is 38.0 Å². The Balaban J connectivity index is 0.00000312. The van der Waals surface area contributed by atoms with Crippen LogP contribution in [-0.4, -0.2) is 35.2 Å². The van der Waals surface area contributed by atoms with Gasteiger partial charge in [-0.15, -0.1) is 12.4 Å². The van der Waals surface area contributed by atoms with Crippen LogP contribution in [0.25, 0.3) is 0 Å². The van der Waals surface area contributed by atoms with Gasteiger partial charge in [0.1, 0.15) is 6.04 Å². The molecule has 3 N–H and O–H groups in total. The number of likely N-dealkylation sites (N-methyl/N-ethyl adjacent to an activating group) is 1. The maximum absolute atomic E-state index is 12.3. The van der Waals surface area contributed by atoms with Gasteiger partial charge < -0.3 is 16.0 Å². The molecule has 2 amide bonds. The molecule has 0 saturated heterocycles. The number of rotatable bonds is 7. The van der Waals surface area contributed by atoms with E-state index in [2.05, 4.69) is 21.0 Å². The number of amides is 2. The second-order valence-corrected chi connectivity index (χ2v) is 5.59. The molecule has 0 aliphatic carbocycles. The smallest absolute Gasteiger partial charge is 0.241 e. The van der Waals surface area contributed by atoms with Crippen molar-refractivity contribution < 1.29 is 9.59 Å². The first-order valence-corrected chi connectivity index (χ1v) is 7.79. The third kappa shape index (κ3) is 6.21. The van der Waals surface area contributed by atoms with Crippen LogP contribution in [-0.2, 0) is 23.1 Å². The molecular formula is C17H24ClN5O2. The molecule has 0 aliphatic rings.